The van der Waals surface area contributed by atoms with E-state index in [-0.39, 0.29) is 23.8 Å². The van der Waals surface area contributed by atoms with E-state index < -0.39 is 23.5 Å². The van der Waals surface area contributed by atoms with Gasteiger partial charge in [0.2, 0.25) is 0 Å². The molecule has 0 amide bonds. The van der Waals surface area contributed by atoms with E-state index in [1.807, 2.05) is 0 Å². The number of hydrogen-bond acceptors (Lipinski definition) is 4. The molecule has 1 aliphatic rings. The summed E-state index contributed by atoms with van der Waals surface area (Å²) in [4.78, 5) is 4.16. The van der Waals surface area contributed by atoms with Crippen molar-refractivity contribution in [2.45, 2.75) is 50.1 Å². The van der Waals surface area contributed by atoms with Gasteiger partial charge >= 0.3 is 12.4 Å². The Morgan fingerprint density at radius 3 is 2.07 bits per heavy atom. The first-order valence-electron chi connectivity index (χ1n) is 9.07. The summed E-state index contributed by atoms with van der Waals surface area (Å²) in [6.45, 7) is 0. The second-order valence-electron chi connectivity index (χ2n) is 7.05. The van der Waals surface area contributed by atoms with Gasteiger partial charge in [-0.2, -0.15) is 26.3 Å². The molecule has 0 spiro atoms. The van der Waals surface area contributed by atoms with Gasteiger partial charge in [0, 0.05) is 35.7 Å². The standard InChI is InChI=1S/C19H20F6N4/c20-18(21,22)11-7-12(19(23,24)25)9-14(8-11)28-13-5-6-27-17(10-13)29-16-4-2-1-3-15(16)26/h5-10,15-16H,1-4,26H2,(H2,27,28,29)/t15-,16-/m1/s1. The first-order chi connectivity index (χ1) is 13.5. The number of halogens is 6. The number of nitrogens with one attached hydrogen (secondary N) is 2. The number of nitrogens with zero attached hydrogens (tertiary/aromatic N) is 1. The topological polar surface area (TPSA) is 63.0 Å². The zero-order valence-electron chi connectivity index (χ0n) is 15.2. The van der Waals surface area contributed by atoms with Gasteiger partial charge in [-0.3, -0.25) is 0 Å². The Morgan fingerprint density at radius 2 is 1.48 bits per heavy atom. The minimum Gasteiger partial charge on any atom is -0.366 e. The van der Waals surface area contributed by atoms with Crippen molar-refractivity contribution in [1.29, 1.82) is 0 Å². The van der Waals surface area contributed by atoms with Crippen LogP contribution in [0.5, 0.6) is 0 Å². The molecule has 0 bridgehead atoms. The van der Waals surface area contributed by atoms with Crippen LogP contribution in [-0.4, -0.2) is 17.1 Å². The van der Waals surface area contributed by atoms with Crippen LogP contribution in [0.3, 0.4) is 0 Å². The summed E-state index contributed by atoms with van der Waals surface area (Å²) in [5.74, 6) is 0.445. The fraction of sp³-hybridized carbons (Fsp3) is 0.421. The second kappa shape index (κ2) is 8.10. The van der Waals surface area contributed by atoms with E-state index in [0.717, 1.165) is 25.7 Å². The first-order valence-corrected chi connectivity index (χ1v) is 9.07. The summed E-state index contributed by atoms with van der Waals surface area (Å²) >= 11 is 0. The third kappa shape index (κ3) is 5.53. The van der Waals surface area contributed by atoms with Crippen molar-refractivity contribution in [3.63, 3.8) is 0 Å². The van der Waals surface area contributed by atoms with Crippen molar-refractivity contribution in [2.75, 3.05) is 10.6 Å². The summed E-state index contributed by atoms with van der Waals surface area (Å²) in [7, 11) is 0. The van der Waals surface area contributed by atoms with E-state index in [4.69, 9.17) is 5.73 Å². The van der Waals surface area contributed by atoms with E-state index in [1.165, 1.54) is 18.3 Å². The van der Waals surface area contributed by atoms with Gasteiger partial charge in [-0.15, -0.1) is 0 Å². The molecule has 2 atom stereocenters. The van der Waals surface area contributed by atoms with E-state index in [9.17, 15) is 26.3 Å². The van der Waals surface area contributed by atoms with Gasteiger partial charge in [-0.1, -0.05) is 12.8 Å². The molecule has 4 N–H and O–H groups in total. The molecule has 29 heavy (non-hydrogen) atoms. The van der Waals surface area contributed by atoms with Crippen LogP contribution >= 0.6 is 0 Å². The van der Waals surface area contributed by atoms with E-state index >= 15 is 0 Å². The van der Waals surface area contributed by atoms with E-state index in [2.05, 4.69) is 15.6 Å². The second-order valence-corrected chi connectivity index (χ2v) is 7.05. The molecule has 0 unspecified atom stereocenters. The lowest BCUT2D eigenvalue weighted by Crippen LogP contribution is -2.42. The lowest BCUT2D eigenvalue weighted by molar-refractivity contribution is -0.143. The van der Waals surface area contributed by atoms with Crippen molar-refractivity contribution in [2.24, 2.45) is 5.73 Å². The van der Waals surface area contributed by atoms with Crippen LogP contribution < -0.4 is 16.4 Å². The molecular weight excluding hydrogens is 398 g/mol. The Balaban J connectivity index is 1.84. The maximum Gasteiger partial charge on any atom is 0.416 e. The highest BCUT2D eigenvalue weighted by Gasteiger charge is 2.37. The highest BCUT2D eigenvalue weighted by Crippen LogP contribution is 2.38. The molecule has 3 rings (SSSR count). The van der Waals surface area contributed by atoms with Crippen LogP contribution in [0.1, 0.15) is 36.8 Å². The minimum atomic E-state index is -4.90. The van der Waals surface area contributed by atoms with Crippen LogP contribution in [0.4, 0.5) is 43.5 Å². The zero-order chi connectivity index (χ0) is 21.2. The number of rotatable bonds is 4. The van der Waals surface area contributed by atoms with Gasteiger partial charge in [0.05, 0.1) is 11.1 Å². The maximum absolute atomic E-state index is 13.0. The zero-order valence-corrected chi connectivity index (χ0v) is 15.2. The van der Waals surface area contributed by atoms with Crippen LogP contribution in [0, 0.1) is 0 Å². The Bertz CT molecular complexity index is 817. The van der Waals surface area contributed by atoms with Crippen LogP contribution in [0.2, 0.25) is 0 Å². The molecule has 1 aromatic heterocycles. The fourth-order valence-electron chi connectivity index (χ4n) is 3.31. The summed E-state index contributed by atoms with van der Waals surface area (Å²) < 4.78 is 78.1. The highest BCUT2D eigenvalue weighted by molar-refractivity contribution is 5.64. The number of alkyl halides is 6. The van der Waals surface area contributed by atoms with Gasteiger partial charge in [0.15, 0.2) is 0 Å². The molecule has 2 aromatic rings. The lowest BCUT2D eigenvalue weighted by Gasteiger charge is -2.29. The largest absolute Gasteiger partial charge is 0.416 e. The first kappa shape index (κ1) is 21.2. The normalized spacial score (nSPS) is 20.4. The molecule has 0 saturated heterocycles. The molecule has 0 radical (unpaired) electrons. The van der Waals surface area contributed by atoms with Crippen LogP contribution in [-0.2, 0) is 12.4 Å². The number of pyridine rings is 1. The lowest BCUT2D eigenvalue weighted by atomic mass is 9.91. The molecule has 4 nitrogen and oxygen atoms in total. The molecule has 1 fully saturated rings. The Kier molecular flexibility index (Phi) is 5.92. The van der Waals surface area contributed by atoms with Crippen molar-refractivity contribution in [3.8, 4) is 0 Å². The molecule has 1 aromatic carbocycles. The summed E-state index contributed by atoms with van der Waals surface area (Å²) in [5, 5.41) is 5.80. The van der Waals surface area contributed by atoms with Crippen LogP contribution in [0.15, 0.2) is 36.5 Å². The van der Waals surface area contributed by atoms with Crippen molar-refractivity contribution in [3.05, 3.63) is 47.7 Å². The molecule has 1 aliphatic carbocycles. The number of nitrogens with two attached hydrogens (primary N) is 1. The Labute approximate surface area is 163 Å². The molecule has 0 aliphatic heterocycles. The van der Waals surface area contributed by atoms with Crippen LogP contribution in [0.25, 0.3) is 0 Å². The molecule has 1 heterocycles. The highest BCUT2D eigenvalue weighted by atomic mass is 19.4. The number of hydrogen-bond donors (Lipinski definition) is 3. The summed E-state index contributed by atoms with van der Waals surface area (Å²) in [5.41, 5.74) is 3.31. The average molecular weight is 418 g/mol. The third-order valence-electron chi connectivity index (χ3n) is 4.79. The average Bonchev–Trinajstić information content (AvgIpc) is 2.62. The molecule has 10 heteroatoms. The Hall–Kier alpha value is -2.49. The minimum absolute atomic E-state index is 0.0110. The summed E-state index contributed by atoms with van der Waals surface area (Å²) in [6, 6.07) is 4.32. The van der Waals surface area contributed by atoms with Gasteiger partial charge < -0.3 is 16.4 Å². The molecular formula is C19H20F6N4. The predicted octanol–water partition coefficient (Wildman–Crippen LogP) is 5.54. The maximum atomic E-state index is 13.0. The van der Waals surface area contributed by atoms with E-state index in [0.29, 0.717) is 23.6 Å². The third-order valence-corrected chi connectivity index (χ3v) is 4.79. The van der Waals surface area contributed by atoms with E-state index in [1.54, 1.807) is 0 Å². The summed E-state index contributed by atoms with van der Waals surface area (Å²) in [6.07, 6.45) is -4.58. The van der Waals surface area contributed by atoms with Gasteiger partial charge in [0.25, 0.3) is 0 Å². The van der Waals surface area contributed by atoms with Gasteiger partial charge in [-0.25, -0.2) is 4.98 Å². The fourth-order valence-corrected chi connectivity index (χ4v) is 3.31. The van der Waals surface area contributed by atoms with Crippen molar-refractivity contribution < 1.29 is 26.3 Å². The van der Waals surface area contributed by atoms with Gasteiger partial charge in [0.1, 0.15) is 5.82 Å². The van der Waals surface area contributed by atoms with Gasteiger partial charge in [-0.05, 0) is 37.1 Å². The molecule has 1 saturated carbocycles. The molecule has 158 valence electrons. The number of anilines is 3. The smallest absolute Gasteiger partial charge is 0.366 e. The van der Waals surface area contributed by atoms with Crippen molar-refractivity contribution in [1.82, 2.24) is 4.98 Å². The Morgan fingerprint density at radius 1 is 0.862 bits per heavy atom. The SMILES string of the molecule is N[C@@H]1CCCC[C@H]1Nc1cc(Nc2cc(C(F)(F)F)cc(C(F)(F)F)c2)ccn1. The number of aromatic nitrogens is 1. The quantitative estimate of drug-likeness (QED) is 0.570. The number of benzene rings is 1. The predicted molar refractivity (Wildman–Crippen MR) is 97.8 cm³/mol. The van der Waals surface area contributed by atoms with Crippen molar-refractivity contribution >= 4 is 17.2 Å². The monoisotopic (exact) mass is 418 g/mol.